The fraction of sp³-hybridized carbons (Fsp3) is 0.400. The summed E-state index contributed by atoms with van der Waals surface area (Å²) in [6.07, 6.45) is 0.435. The van der Waals surface area contributed by atoms with Gasteiger partial charge in [0.15, 0.2) is 11.1 Å². The minimum Gasteiger partial charge on any atom is -0.399 e. The molecule has 0 aromatic heterocycles. The summed E-state index contributed by atoms with van der Waals surface area (Å²) in [6.45, 7) is 1.63. The molecule has 1 aromatic carbocycles. The molecular weight excluding hydrogens is 226 g/mol. The lowest BCUT2D eigenvalue weighted by atomic mass is 10.0. The van der Waals surface area contributed by atoms with Gasteiger partial charge in [-0.1, -0.05) is 0 Å². The third-order valence-electron chi connectivity index (χ3n) is 2.54. The maximum Gasteiger partial charge on any atom is 0.157 e. The molecule has 7 N–H and O–H groups in total. The lowest BCUT2D eigenvalue weighted by Gasteiger charge is -2.17. The number of benzene rings is 1. The molecule has 0 fully saturated rings. The van der Waals surface area contributed by atoms with Gasteiger partial charge in [-0.2, -0.15) is 0 Å². The first-order valence-electron chi connectivity index (χ1n) is 4.91. The second-order valence-electron chi connectivity index (χ2n) is 3.81. The first-order chi connectivity index (χ1) is 7.41. The van der Waals surface area contributed by atoms with Crippen LogP contribution in [0.3, 0.4) is 0 Å². The predicted molar refractivity (Wildman–Crippen MR) is 67.2 cm³/mol. The molecule has 0 saturated carbocycles. The van der Waals surface area contributed by atoms with Crippen LogP contribution in [0.15, 0.2) is 18.2 Å². The molecule has 0 spiro atoms. The van der Waals surface area contributed by atoms with E-state index in [-0.39, 0.29) is 0 Å². The summed E-state index contributed by atoms with van der Waals surface area (Å²) in [6, 6.07) is 4.73. The van der Waals surface area contributed by atoms with Crippen LogP contribution < -0.4 is 17.2 Å². The minimum atomic E-state index is -1.92. The zero-order chi connectivity index (χ0) is 12.3. The van der Waals surface area contributed by atoms with Crippen LogP contribution in [-0.2, 0) is 17.5 Å². The Morgan fingerprint density at radius 1 is 1.44 bits per heavy atom. The average Bonchev–Trinajstić information content (AvgIpc) is 2.22. The van der Waals surface area contributed by atoms with Crippen molar-refractivity contribution in [2.45, 2.75) is 24.6 Å². The van der Waals surface area contributed by atoms with Crippen LogP contribution in [0.5, 0.6) is 0 Å². The Bertz CT molecular complexity index is 398. The van der Waals surface area contributed by atoms with Gasteiger partial charge in [0.05, 0.1) is 5.25 Å². The van der Waals surface area contributed by atoms with Crippen LogP contribution in [0.2, 0.25) is 0 Å². The molecule has 6 heteroatoms. The number of rotatable bonds is 4. The Balaban J connectivity index is 2.80. The van der Waals surface area contributed by atoms with Crippen molar-refractivity contribution in [2.75, 3.05) is 11.5 Å². The van der Waals surface area contributed by atoms with Gasteiger partial charge in [0.25, 0.3) is 0 Å². The van der Waals surface area contributed by atoms with Gasteiger partial charge < -0.3 is 21.8 Å². The fourth-order valence-electron chi connectivity index (χ4n) is 1.37. The predicted octanol–water partition coefficient (Wildman–Crippen LogP) is 0.331. The summed E-state index contributed by atoms with van der Waals surface area (Å²) in [5.41, 5.74) is 19.2. The number of nitrogens with two attached hydrogens (primary N) is 3. The molecule has 0 aliphatic carbocycles. The summed E-state index contributed by atoms with van der Waals surface area (Å²) in [7, 11) is 0. The molecule has 90 valence electrons. The SMILES string of the molecule is CC(C(N)Cc1cc(N)ccc1N)S(=O)O. The van der Waals surface area contributed by atoms with Crippen molar-refractivity contribution in [2.24, 2.45) is 5.73 Å². The van der Waals surface area contributed by atoms with Crippen LogP contribution in [0.25, 0.3) is 0 Å². The standard InChI is InChI=1S/C10H17N3O2S/c1-6(16(14)15)10(13)5-7-4-8(11)2-3-9(7)12/h2-4,6,10H,5,11-13H2,1H3,(H,14,15). The third kappa shape index (κ3) is 3.19. The molecule has 0 aliphatic rings. The molecule has 5 nitrogen and oxygen atoms in total. The number of hydrogen-bond donors (Lipinski definition) is 4. The monoisotopic (exact) mass is 243 g/mol. The van der Waals surface area contributed by atoms with Gasteiger partial charge in [-0.15, -0.1) is 0 Å². The van der Waals surface area contributed by atoms with Gasteiger partial charge in [0.1, 0.15) is 0 Å². The van der Waals surface area contributed by atoms with Crippen LogP contribution in [0.1, 0.15) is 12.5 Å². The summed E-state index contributed by atoms with van der Waals surface area (Å²) in [5, 5.41) is -0.499. The lowest BCUT2D eigenvalue weighted by Crippen LogP contribution is -2.37. The summed E-state index contributed by atoms with van der Waals surface area (Å²) in [4.78, 5) is 0. The van der Waals surface area contributed by atoms with E-state index in [0.717, 1.165) is 5.56 Å². The Morgan fingerprint density at radius 2 is 2.06 bits per heavy atom. The van der Waals surface area contributed by atoms with Crippen molar-refractivity contribution in [3.63, 3.8) is 0 Å². The van der Waals surface area contributed by atoms with E-state index < -0.39 is 22.4 Å². The molecular formula is C10H17N3O2S. The van der Waals surface area contributed by atoms with Crippen molar-refractivity contribution in [3.8, 4) is 0 Å². The van der Waals surface area contributed by atoms with Crippen LogP contribution in [0.4, 0.5) is 11.4 Å². The zero-order valence-electron chi connectivity index (χ0n) is 9.09. The maximum absolute atomic E-state index is 10.9. The van der Waals surface area contributed by atoms with Crippen molar-refractivity contribution in [3.05, 3.63) is 23.8 Å². The zero-order valence-corrected chi connectivity index (χ0v) is 9.91. The molecule has 1 aromatic rings. The molecule has 0 heterocycles. The van der Waals surface area contributed by atoms with Gasteiger partial charge in [-0.3, -0.25) is 0 Å². The van der Waals surface area contributed by atoms with Gasteiger partial charge in [-0.05, 0) is 37.1 Å². The highest BCUT2D eigenvalue weighted by atomic mass is 32.2. The molecule has 1 rings (SSSR count). The van der Waals surface area contributed by atoms with Gasteiger partial charge in [0.2, 0.25) is 0 Å². The van der Waals surface area contributed by atoms with Crippen molar-refractivity contribution >= 4 is 22.5 Å². The van der Waals surface area contributed by atoms with Gasteiger partial charge in [0, 0.05) is 17.4 Å². The molecule has 0 saturated heterocycles. The summed E-state index contributed by atoms with van der Waals surface area (Å²) >= 11 is -1.92. The molecule has 0 radical (unpaired) electrons. The van der Waals surface area contributed by atoms with E-state index in [1.165, 1.54) is 0 Å². The highest BCUT2D eigenvalue weighted by Gasteiger charge is 2.19. The Morgan fingerprint density at radius 3 is 2.62 bits per heavy atom. The molecule has 0 amide bonds. The summed E-state index contributed by atoms with van der Waals surface area (Å²) in [5.74, 6) is 0. The molecule has 0 bridgehead atoms. The highest BCUT2D eigenvalue weighted by Crippen LogP contribution is 2.18. The Kier molecular flexibility index (Phi) is 4.28. The topological polar surface area (TPSA) is 115 Å². The van der Waals surface area contributed by atoms with Crippen LogP contribution in [-0.4, -0.2) is 20.1 Å². The molecule has 3 unspecified atom stereocenters. The first kappa shape index (κ1) is 13.0. The minimum absolute atomic E-state index is 0.421. The van der Waals surface area contributed by atoms with E-state index in [4.69, 9.17) is 21.8 Å². The average molecular weight is 243 g/mol. The number of anilines is 2. The maximum atomic E-state index is 10.9. The summed E-state index contributed by atoms with van der Waals surface area (Å²) < 4.78 is 19.8. The Labute approximate surface area is 97.3 Å². The van der Waals surface area contributed by atoms with E-state index in [1.54, 1.807) is 25.1 Å². The van der Waals surface area contributed by atoms with E-state index in [1.807, 2.05) is 0 Å². The number of nitrogen functional groups attached to an aromatic ring is 2. The van der Waals surface area contributed by atoms with Crippen LogP contribution in [0, 0.1) is 0 Å². The van der Waals surface area contributed by atoms with Crippen LogP contribution >= 0.6 is 0 Å². The van der Waals surface area contributed by atoms with E-state index in [9.17, 15) is 4.21 Å². The first-order valence-corrected chi connectivity index (χ1v) is 6.08. The molecule has 0 aliphatic heterocycles. The third-order valence-corrected chi connectivity index (χ3v) is 3.53. The second-order valence-corrected chi connectivity index (χ2v) is 5.10. The smallest absolute Gasteiger partial charge is 0.157 e. The quantitative estimate of drug-likeness (QED) is 0.449. The second kappa shape index (κ2) is 5.29. The van der Waals surface area contributed by atoms with Gasteiger partial charge >= 0.3 is 0 Å². The van der Waals surface area contributed by atoms with E-state index in [0.29, 0.717) is 17.8 Å². The fourth-order valence-corrected chi connectivity index (χ4v) is 1.77. The van der Waals surface area contributed by atoms with Gasteiger partial charge in [-0.25, -0.2) is 4.21 Å². The number of hydrogen-bond acceptors (Lipinski definition) is 4. The largest absolute Gasteiger partial charge is 0.399 e. The van der Waals surface area contributed by atoms with Crippen molar-refractivity contribution in [1.82, 2.24) is 0 Å². The molecule has 16 heavy (non-hydrogen) atoms. The van der Waals surface area contributed by atoms with Crippen molar-refractivity contribution < 1.29 is 8.76 Å². The Hall–Kier alpha value is -1.11. The van der Waals surface area contributed by atoms with E-state index >= 15 is 0 Å². The highest BCUT2D eigenvalue weighted by molar-refractivity contribution is 7.79. The van der Waals surface area contributed by atoms with Crippen molar-refractivity contribution in [1.29, 1.82) is 0 Å². The van der Waals surface area contributed by atoms with E-state index in [2.05, 4.69) is 0 Å². The normalized spacial score (nSPS) is 16.7. The molecule has 3 atom stereocenters. The lowest BCUT2D eigenvalue weighted by molar-refractivity contribution is 0.529.